The standard InChI is InChI=1S/C11H15N3O/c1-14(6-7-15-2)9-10-4-3-5-13-11(10)8-12/h3-5H,6-7,9H2,1-2H3. The Bertz CT molecular complexity index is 346. The summed E-state index contributed by atoms with van der Waals surface area (Å²) in [6.07, 6.45) is 1.64. The molecule has 1 rings (SSSR count). The lowest BCUT2D eigenvalue weighted by Crippen LogP contribution is -2.22. The molecule has 0 radical (unpaired) electrons. The molecule has 15 heavy (non-hydrogen) atoms. The van der Waals surface area contributed by atoms with E-state index in [4.69, 9.17) is 10.00 Å². The van der Waals surface area contributed by atoms with Crippen molar-refractivity contribution < 1.29 is 4.74 Å². The van der Waals surface area contributed by atoms with Gasteiger partial charge in [-0.1, -0.05) is 6.07 Å². The van der Waals surface area contributed by atoms with E-state index in [0.29, 0.717) is 12.3 Å². The van der Waals surface area contributed by atoms with Crippen molar-refractivity contribution >= 4 is 0 Å². The molecule has 0 aliphatic heterocycles. The molecule has 0 spiro atoms. The molecule has 0 unspecified atom stereocenters. The minimum atomic E-state index is 0.502. The molecule has 0 saturated heterocycles. The maximum absolute atomic E-state index is 8.85. The van der Waals surface area contributed by atoms with Crippen LogP contribution in [0.4, 0.5) is 0 Å². The van der Waals surface area contributed by atoms with Crippen molar-refractivity contribution in [1.82, 2.24) is 9.88 Å². The summed E-state index contributed by atoms with van der Waals surface area (Å²) in [4.78, 5) is 6.11. The summed E-state index contributed by atoms with van der Waals surface area (Å²) in [5.41, 5.74) is 1.46. The number of ether oxygens (including phenoxy) is 1. The van der Waals surface area contributed by atoms with Crippen LogP contribution in [0.25, 0.3) is 0 Å². The first-order chi connectivity index (χ1) is 7.27. The minimum Gasteiger partial charge on any atom is -0.383 e. The van der Waals surface area contributed by atoms with Gasteiger partial charge >= 0.3 is 0 Å². The van der Waals surface area contributed by atoms with Crippen LogP contribution < -0.4 is 0 Å². The van der Waals surface area contributed by atoms with Gasteiger partial charge in [-0.2, -0.15) is 5.26 Å². The van der Waals surface area contributed by atoms with Crippen LogP contribution in [0.3, 0.4) is 0 Å². The van der Waals surface area contributed by atoms with Crippen LogP contribution in [0.2, 0.25) is 0 Å². The zero-order chi connectivity index (χ0) is 11.1. The smallest absolute Gasteiger partial charge is 0.144 e. The van der Waals surface area contributed by atoms with E-state index < -0.39 is 0 Å². The first kappa shape index (κ1) is 11.6. The topological polar surface area (TPSA) is 49.1 Å². The van der Waals surface area contributed by atoms with E-state index in [-0.39, 0.29) is 0 Å². The molecule has 0 N–H and O–H groups in total. The Balaban J connectivity index is 2.60. The van der Waals surface area contributed by atoms with Gasteiger partial charge in [0.25, 0.3) is 0 Å². The summed E-state index contributed by atoms with van der Waals surface area (Å²) < 4.78 is 4.98. The van der Waals surface area contributed by atoms with E-state index in [1.807, 2.05) is 19.2 Å². The predicted octanol–water partition coefficient (Wildman–Crippen LogP) is 1.03. The van der Waals surface area contributed by atoms with Crippen LogP contribution in [0.5, 0.6) is 0 Å². The molecule has 0 saturated carbocycles. The second kappa shape index (κ2) is 6.12. The van der Waals surface area contributed by atoms with Gasteiger partial charge in [-0.25, -0.2) is 4.98 Å². The van der Waals surface area contributed by atoms with Crippen LogP contribution in [0, 0.1) is 11.3 Å². The number of methoxy groups -OCH3 is 1. The number of nitrogens with zero attached hydrogens (tertiary/aromatic N) is 3. The second-order valence-electron chi connectivity index (χ2n) is 3.35. The predicted molar refractivity (Wildman–Crippen MR) is 57.2 cm³/mol. The van der Waals surface area contributed by atoms with Gasteiger partial charge in [-0.05, 0) is 13.1 Å². The molecule has 4 nitrogen and oxygen atoms in total. The summed E-state index contributed by atoms with van der Waals surface area (Å²) >= 11 is 0. The van der Waals surface area contributed by atoms with Crippen molar-refractivity contribution in [3.8, 4) is 6.07 Å². The third-order valence-electron chi connectivity index (χ3n) is 2.11. The molecular formula is C11H15N3O. The normalized spacial score (nSPS) is 10.3. The highest BCUT2D eigenvalue weighted by Gasteiger charge is 2.05. The second-order valence-corrected chi connectivity index (χ2v) is 3.35. The van der Waals surface area contributed by atoms with E-state index in [2.05, 4.69) is 16.0 Å². The number of pyridine rings is 1. The van der Waals surface area contributed by atoms with Gasteiger partial charge in [0.15, 0.2) is 0 Å². The van der Waals surface area contributed by atoms with Crippen molar-refractivity contribution in [2.24, 2.45) is 0 Å². The zero-order valence-electron chi connectivity index (χ0n) is 9.10. The van der Waals surface area contributed by atoms with Crippen molar-refractivity contribution in [3.05, 3.63) is 29.6 Å². The molecule has 0 amide bonds. The first-order valence-corrected chi connectivity index (χ1v) is 4.79. The molecule has 4 heteroatoms. The lowest BCUT2D eigenvalue weighted by atomic mass is 10.2. The van der Waals surface area contributed by atoms with Gasteiger partial charge in [0, 0.05) is 32.0 Å². The highest BCUT2D eigenvalue weighted by Crippen LogP contribution is 2.06. The van der Waals surface area contributed by atoms with Crippen LogP contribution in [0.15, 0.2) is 18.3 Å². The van der Waals surface area contributed by atoms with E-state index in [1.165, 1.54) is 0 Å². The summed E-state index contributed by atoms with van der Waals surface area (Å²) in [7, 11) is 3.67. The molecule has 0 aliphatic rings. The lowest BCUT2D eigenvalue weighted by molar-refractivity contribution is 0.158. The molecule has 1 aromatic heterocycles. The molecule has 0 aromatic carbocycles. The van der Waals surface area contributed by atoms with Crippen LogP contribution >= 0.6 is 0 Å². The van der Waals surface area contributed by atoms with E-state index in [9.17, 15) is 0 Å². The number of likely N-dealkylation sites (N-methyl/N-ethyl adjacent to an activating group) is 1. The average Bonchev–Trinajstić information content (AvgIpc) is 2.27. The van der Waals surface area contributed by atoms with E-state index >= 15 is 0 Å². The SMILES string of the molecule is COCCN(C)Cc1cccnc1C#N. The quantitative estimate of drug-likeness (QED) is 0.720. The molecular weight excluding hydrogens is 190 g/mol. The number of rotatable bonds is 5. The zero-order valence-corrected chi connectivity index (χ0v) is 9.10. The Morgan fingerprint density at radius 2 is 2.40 bits per heavy atom. The van der Waals surface area contributed by atoms with Gasteiger partial charge < -0.3 is 4.74 Å². The van der Waals surface area contributed by atoms with Crippen molar-refractivity contribution in [1.29, 1.82) is 5.26 Å². The van der Waals surface area contributed by atoms with Crippen molar-refractivity contribution in [2.75, 3.05) is 27.3 Å². The fourth-order valence-electron chi connectivity index (χ4n) is 1.28. The van der Waals surface area contributed by atoms with Crippen LogP contribution in [-0.2, 0) is 11.3 Å². The summed E-state index contributed by atoms with van der Waals surface area (Å²) in [6, 6.07) is 5.86. The Labute approximate surface area is 90.1 Å². The van der Waals surface area contributed by atoms with E-state index in [0.717, 1.165) is 18.7 Å². The fraction of sp³-hybridized carbons (Fsp3) is 0.455. The van der Waals surface area contributed by atoms with Gasteiger partial charge in [-0.15, -0.1) is 0 Å². The van der Waals surface area contributed by atoms with Crippen molar-refractivity contribution in [3.63, 3.8) is 0 Å². The molecule has 0 aliphatic carbocycles. The summed E-state index contributed by atoms with van der Waals surface area (Å²) in [5, 5.41) is 8.85. The maximum atomic E-state index is 8.85. The van der Waals surface area contributed by atoms with Crippen LogP contribution in [0.1, 0.15) is 11.3 Å². The Morgan fingerprint density at radius 1 is 1.60 bits per heavy atom. The number of hydrogen-bond donors (Lipinski definition) is 0. The van der Waals surface area contributed by atoms with Crippen molar-refractivity contribution in [2.45, 2.75) is 6.54 Å². The average molecular weight is 205 g/mol. The minimum absolute atomic E-state index is 0.502. The fourth-order valence-corrected chi connectivity index (χ4v) is 1.28. The Kier molecular flexibility index (Phi) is 4.75. The molecule has 0 fully saturated rings. The molecule has 0 atom stereocenters. The Morgan fingerprint density at radius 3 is 3.07 bits per heavy atom. The van der Waals surface area contributed by atoms with Gasteiger partial charge in [0.2, 0.25) is 0 Å². The summed E-state index contributed by atoms with van der Waals surface area (Å²) in [5.74, 6) is 0. The maximum Gasteiger partial charge on any atom is 0.144 e. The molecule has 1 aromatic rings. The highest BCUT2D eigenvalue weighted by molar-refractivity contribution is 5.30. The monoisotopic (exact) mass is 205 g/mol. The molecule has 1 heterocycles. The van der Waals surface area contributed by atoms with Crippen LogP contribution in [-0.4, -0.2) is 37.2 Å². The Hall–Kier alpha value is -1.44. The van der Waals surface area contributed by atoms with E-state index in [1.54, 1.807) is 13.3 Å². The lowest BCUT2D eigenvalue weighted by Gasteiger charge is -2.16. The number of hydrogen-bond acceptors (Lipinski definition) is 4. The number of aromatic nitrogens is 1. The largest absolute Gasteiger partial charge is 0.383 e. The number of nitriles is 1. The third kappa shape index (κ3) is 3.66. The highest BCUT2D eigenvalue weighted by atomic mass is 16.5. The first-order valence-electron chi connectivity index (χ1n) is 4.79. The van der Waals surface area contributed by atoms with Gasteiger partial charge in [0.1, 0.15) is 11.8 Å². The molecule has 0 bridgehead atoms. The molecule has 80 valence electrons. The van der Waals surface area contributed by atoms with Gasteiger partial charge in [-0.3, -0.25) is 4.90 Å². The van der Waals surface area contributed by atoms with Gasteiger partial charge in [0.05, 0.1) is 6.61 Å². The summed E-state index contributed by atoms with van der Waals surface area (Å²) in [6.45, 7) is 2.26. The third-order valence-corrected chi connectivity index (χ3v) is 2.11.